The van der Waals surface area contributed by atoms with Crippen molar-refractivity contribution in [3.05, 3.63) is 47.2 Å². The largest absolute Gasteiger partial charge is 0.447 e. The fraction of sp³-hybridized carbons (Fsp3) is 0.476. The molecule has 0 bridgehead atoms. The zero-order chi connectivity index (χ0) is 21.3. The lowest BCUT2D eigenvalue weighted by Gasteiger charge is -2.30. The van der Waals surface area contributed by atoms with Crippen LogP contribution < -0.4 is 16.2 Å². The number of nitrogens with zero attached hydrogens (tertiary/aromatic N) is 1. The van der Waals surface area contributed by atoms with Gasteiger partial charge in [-0.15, -0.1) is 0 Å². The first-order valence-electron chi connectivity index (χ1n) is 10.3. The van der Waals surface area contributed by atoms with E-state index in [1.54, 1.807) is 6.07 Å². The first-order valence-corrected chi connectivity index (χ1v) is 11.7. The van der Waals surface area contributed by atoms with Crippen molar-refractivity contribution in [1.82, 2.24) is 15.2 Å². The number of nitrogens with one attached hydrogen (secondary N) is 3. The second-order valence-electron chi connectivity index (χ2n) is 8.14. The van der Waals surface area contributed by atoms with Gasteiger partial charge >= 0.3 is 0 Å². The van der Waals surface area contributed by atoms with Gasteiger partial charge in [-0.05, 0) is 68.5 Å². The van der Waals surface area contributed by atoms with Gasteiger partial charge in [0.05, 0.1) is 12.0 Å². The predicted octanol–water partition coefficient (Wildman–Crippen LogP) is 2.47. The van der Waals surface area contributed by atoms with Crippen LogP contribution in [0, 0.1) is 19.8 Å². The van der Waals surface area contributed by atoms with E-state index in [-0.39, 0.29) is 23.6 Å². The number of hydrogen-bond donors (Lipinski definition) is 3. The van der Waals surface area contributed by atoms with E-state index < -0.39 is 15.9 Å². The third-order valence-electron chi connectivity index (χ3n) is 5.62. The molecular weight excluding hydrogens is 404 g/mol. The van der Waals surface area contributed by atoms with E-state index in [9.17, 15) is 13.2 Å². The number of carbonyl (C=O) groups excluding carboxylic acids is 1. The Morgan fingerprint density at radius 3 is 2.63 bits per heavy atom. The molecule has 2 aliphatic heterocycles. The lowest BCUT2D eigenvalue weighted by molar-refractivity contribution is -0.120. The van der Waals surface area contributed by atoms with Crippen LogP contribution in [0.1, 0.15) is 42.2 Å². The number of amides is 1. The zero-order valence-electron chi connectivity index (χ0n) is 17.3. The first-order chi connectivity index (χ1) is 14.3. The van der Waals surface area contributed by atoms with Gasteiger partial charge in [-0.1, -0.05) is 6.07 Å². The highest BCUT2D eigenvalue weighted by Crippen LogP contribution is 2.29. The van der Waals surface area contributed by atoms with Crippen LogP contribution in [0.25, 0.3) is 0 Å². The maximum atomic E-state index is 13.1. The average molecular weight is 433 g/mol. The molecule has 2 aliphatic rings. The highest BCUT2D eigenvalue weighted by atomic mass is 32.2. The number of anilines is 1. The Morgan fingerprint density at radius 2 is 1.93 bits per heavy atom. The molecule has 3 N–H and O–H groups in total. The normalized spacial score (nSPS) is 22.9. The van der Waals surface area contributed by atoms with Gasteiger partial charge in [0.2, 0.25) is 11.0 Å². The second kappa shape index (κ2) is 8.50. The third-order valence-corrected chi connectivity index (χ3v) is 7.36. The smallest absolute Gasteiger partial charge is 0.276 e. The zero-order valence-corrected chi connectivity index (χ0v) is 18.1. The lowest BCUT2D eigenvalue weighted by atomic mass is 9.98. The van der Waals surface area contributed by atoms with Crippen LogP contribution in [0.15, 0.2) is 39.8 Å². The Labute approximate surface area is 177 Å². The molecular formula is C21H28N4O4S. The molecule has 1 aromatic carbocycles. The SMILES string of the molecule is Cc1cc(C)cc(NC(=O)C2CCCN(S(=O)(=O)c3ccc(C4CCNN4)o3)C2)c1. The molecule has 4 rings (SSSR count). The lowest BCUT2D eigenvalue weighted by Crippen LogP contribution is -2.43. The van der Waals surface area contributed by atoms with Crippen LogP contribution in [-0.4, -0.2) is 38.3 Å². The van der Waals surface area contributed by atoms with E-state index in [1.807, 2.05) is 32.0 Å². The molecule has 2 aromatic rings. The Kier molecular flexibility index (Phi) is 5.97. The molecule has 162 valence electrons. The molecule has 2 unspecified atom stereocenters. The third kappa shape index (κ3) is 4.44. The summed E-state index contributed by atoms with van der Waals surface area (Å²) in [4.78, 5) is 12.8. The molecule has 0 saturated carbocycles. The van der Waals surface area contributed by atoms with Crippen LogP contribution in [0.3, 0.4) is 0 Å². The van der Waals surface area contributed by atoms with E-state index in [2.05, 4.69) is 16.2 Å². The number of sulfonamides is 1. The van der Waals surface area contributed by atoms with E-state index in [4.69, 9.17) is 4.42 Å². The molecule has 2 atom stereocenters. The fourth-order valence-corrected chi connectivity index (χ4v) is 5.59. The molecule has 9 heteroatoms. The summed E-state index contributed by atoms with van der Waals surface area (Å²) in [6, 6.07) is 9.04. The molecule has 0 aliphatic carbocycles. The Balaban J connectivity index is 1.45. The van der Waals surface area contributed by atoms with Crippen molar-refractivity contribution in [2.45, 2.75) is 44.2 Å². The summed E-state index contributed by atoms with van der Waals surface area (Å²) in [5.74, 6) is 0.0467. The van der Waals surface area contributed by atoms with Crippen LogP contribution in [0.5, 0.6) is 0 Å². The van der Waals surface area contributed by atoms with E-state index in [1.165, 1.54) is 10.4 Å². The monoisotopic (exact) mass is 432 g/mol. The summed E-state index contributed by atoms with van der Waals surface area (Å²) < 4.78 is 33.2. The average Bonchev–Trinajstić information content (AvgIpc) is 3.39. The van der Waals surface area contributed by atoms with Gasteiger partial charge in [-0.2, -0.15) is 4.31 Å². The number of furan rings is 1. The molecule has 1 amide bonds. The maximum absolute atomic E-state index is 13.1. The summed E-state index contributed by atoms with van der Waals surface area (Å²) in [6.45, 7) is 5.29. The molecule has 0 radical (unpaired) electrons. The van der Waals surface area contributed by atoms with Crippen LogP contribution in [-0.2, 0) is 14.8 Å². The number of hydrogen-bond acceptors (Lipinski definition) is 6. The summed E-state index contributed by atoms with van der Waals surface area (Å²) in [5.41, 5.74) is 8.96. The number of carbonyl (C=O) groups is 1. The minimum Gasteiger partial charge on any atom is -0.447 e. The van der Waals surface area contributed by atoms with Crippen molar-refractivity contribution in [3.63, 3.8) is 0 Å². The first kappa shape index (κ1) is 21.0. The highest BCUT2D eigenvalue weighted by Gasteiger charge is 2.35. The molecule has 8 nitrogen and oxygen atoms in total. The van der Waals surface area contributed by atoms with E-state index >= 15 is 0 Å². The van der Waals surface area contributed by atoms with Crippen molar-refractivity contribution in [2.24, 2.45) is 5.92 Å². The van der Waals surface area contributed by atoms with Crippen molar-refractivity contribution < 1.29 is 17.6 Å². The minimum absolute atomic E-state index is 0.0355. The van der Waals surface area contributed by atoms with Gasteiger partial charge in [0, 0.05) is 25.3 Å². The second-order valence-corrected chi connectivity index (χ2v) is 10.0. The Bertz CT molecular complexity index is 1010. The summed E-state index contributed by atoms with van der Waals surface area (Å²) in [5, 5.41) is 2.88. The molecule has 3 heterocycles. The summed E-state index contributed by atoms with van der Waals surface area (Å²) in [7, 11) is -3.78. The predicted molar refractivity (Wildman–Crippen MR) is 113 cm³/mol. The topological polar surface area (TPSA) is 104 Å². The van der Waals surface area contributed by atoms with Crippen LogP contribution >= 0.6 is 0 Å². The fourth-order valence-electron chi connectivity index (χ4n) is 4.15. The van der Waals surface area contributed by atoms with Crippen molar-refractivity contribution in [2.75, 3.05) is 25.0 Å². The number of aryl methyl sites for hydroxylation is 2. The van der Waals surface area contributed by atoms with Gasteiger partial charge in [0.1, 0.15) is 5.76 Å². The maximum Gasteiger partial charge on any atom is 0.276 e. The Morgan fingerprint density at radius 1 is 1.17 bits per heavy atom. The summed E-state index contributed by atoms with van der Waals surface area (Å²) >= 11 is 0. The van der Waals surface area contributed by atoms with E-state index in [0.717, 1.165) is 29.8 Å². The molecule has 30 heavy (non-hydrogen) atoms. The van der Waals surface area contributed by atoms with E-state index in [0.29, 0.717) is 25.1 Å². The number of benzene rings is 1. The quantitative estimate of drug-likeness (QED) is 0.671. The van der Waals surface area contributed by atoms with Crippen molar-refractivity contribution >= 4 is 21.6 Å². The van der Waals surface area contributed by atoms with Crippen LogP contribution in [0.4, 0.5) is 5.69 Å². The van der Waals surface area contributed by atoms with Gasteiger partial charge in [0.15, 0.2) is 0 Å². The Hall–Kier alpha value is -2.20. The number of rotatable bonds is 5. The molecule has 1 aromatic heterocycles. The summed E-state index contributed by atoms with van der Waals surface area (Å²) in [6.07, 6.45) is 2.12. The van der Waals surface area contributed by atoms with Gasteiger partial charge in [-0.3, -0.25) is 10.2 Å². The van der Waals surface area contributed by atoms with Gasteiger partial charge < -0.3 is 9.73 Å². The van der Waals surface area contributed by atoms with Crippen molar-refractivity contribution in [3.8, 4) is 0 Å². The van der Waals surface area contributed by atoms with Crippen molar-refractivity contribution in [1.29, 1.82) is 0 Å². The van der Waals surface area contributed by atoms with Crippen LogP contribution in [0.2, 0.25) is 0 Å². The van der Waals surface area contributed by atoms with Gasteiger partial charge in [0.25, 0.3) is 10.0 Å². The van der Waals surface area contributed by atoms with Gasteiger partial charge in [-0.25, -0.2) is 13.8 Å². The molecule has 0 spiro atoms. The molecule has 2 saturated heterocycles. The molecule has 2 fully saturated rings. The number of hydrazine groups is 1. The highest BCUT2D eigenvalue weighted by molar-refractivity contribution is 7.89. The standard InChI is InChI=1S/C21H28N4O4S/c1-14-10-15(2)12-17(11-14)23-21(26)16-4-3-9-25(13-16)30(27,28)20-6-5-19(29-20)18-7-8-22-24-18/h5-6,10-12,16,18,22,24H,3-4,7-9,13H2,1-2H3,(H,23,26). The minimum atomic E-state index is -3.78. The number of piperidine rings is 1.